The fourth-order valence-electron chi connectivity index (χ4n) is 3.84. The van der Waals surface area contributed by atoms with Gasteiger partial charge in [0.2, 0.25) is 0 Å². The highest BCUT2D eigenvalue weighted by Crippen LogP contribution is 2.34. The number of fused-ring (bicyclic) bond motifs is 3. The number of hydrogen-bond acceptors (Lipinski definition) is 6. The van der Waals surface area contributed by atoms with E-state index in [1.54, 1.807) is 30.6 Å². The van der Waals surface area contributed by atoms with Gasteiger partial charge in [0.25, 0.3) is 0 Å². The molecule has 0 amide bonds. The first-order chi connectivity index (χ1) is 16.2. The summed E-state index contributed by atoms with van der Waals surface area (Å²) in [6, 6.07) is 9.12. The lowest BCUT2D eigenvalue weighted by Gasteiger charge is -2.15. The van der Waals surface area contributed by atoms with Gasteiger partial charge in [-0.25, -0.2) is 9.59 Å². The number of pyridine rings is 1. The molecule has 4 rings (SSSR count). The normalized spacial score (nSPS) is 12.7. The molecule has 34 heavy (non-hydrogen) atoms. The molecular weight excluding hydrogens is 473 g/mol. The molecule has 1 N–H and O–H groups in total. The average molecular weight is 493 g/mol. The molecule has 11 heteroatoms. The third-order valence-corrected chi connectivity index (χ3v) is 5.68. The maximum Gasteiger partial charge on any atom is 0.491 e. The first kappa shape index (κ1) is 23.9. The minimum atomic E-state index is -5.27. The van der Waals surface area contributed by atoms with Crippen molar-refractivity contribution in [2.45, 2.75) is 38.5 Å². The number of aromatic nitrogens is 3. The van der Waals surface area contributed by atoms with Gasteiger partial charge in [-0.2, -0.15) is 18.3 Å². The summed E-state index contributed by atoms with van der Waals surface area (Å²) in [5.41, 5.74) is 3.55. The number of carbonyl (C=O) groups is 2. The molecule has 3 aromatic rings. The van der Waals surface area contributed by atoms with Crippen molar-refractivity contribution in [3.8, 4) is 11.3 Å². The fourth-order valence-corrected chi connectivity index (χ4v) is 3.96. The van der Waals surface area contributed by atoms with Gasteiger partial charge in [0.1, 0.15) is 0 Å². The van der Waals surface area contributed by atoms with Crippen molar-refractivity contribution in [1.82, 2.24) is 20.1 Å². The molecular formula is C23H20ClF3N4O3. The van der Waals surface area contributed by atoms with Gasteiger partial charge in [0, 0.05) is 41.6 Å². The summed E-state index contributed by atoms with van der Waals surface area (Å²) in [6.45, 7) is 1.40. The monoisotopic (exact) mass is 492 g/mol. The predicted octanol–water partition coefficient (Wildman–Crippen LogP) is 4.12. The van der Waals surface area contributed by atoms with Gasteiger partial charge in [0.05, 0.1) is 5.69 Å². The van der Waals surface area contributed by atoms with Gasteiger partial charge >= 0.3 is 18.1 Å². The second-order valence-electron chi connectivity index (χ2n) is 7.76. The van der Waals surface area contributed by atoms with Crippen LogP contribution in [0.25, 0.3) is 11.3 Å². The third-order valence-electron chi connectivity index (χ3n) is 5.43. The van der Waals surface area contributed by atoms with Crippen LogP contribution in [0.1, 0.15) is 33.6 Å². The van der Waals surface area contributed by atoms with E-state index in [1.807, 2.05) is 12.1 Å². The number of nitrogens with zero attached hydrogens (tertiary/aromatic N) is 3. The average Bonchev–Trinajstić information content (AvgIpc) is 3.18. The minimum absolute atomic E-state index is 0.132. The van der Waals surface area contributed by atoms with Crippen molar-refractivity contribution in [2.75, 3.05) is 6.54 Å². The number of esters is 2. The summed E-state index contributed by atoms with van der Waals surface area (Å²) >= 11 is 5.88. The smallest absolute Gasteiger partial charge is 0.381 e. The molecule has 0 bridgehead atoms. The summed E-state index contributed by atoms with van der Waals surface area (Å²) in [5.74, 6) is -3.91. The van der Waals surface area contributed by atoms with Crippen molar-refractivity contribution >= 4 is 23.5 Å². The van der Waals surface area contributed by atoms with Gasteiger partial charge < -0.3 is 10.1 Å². The van der Waals surface area contributed by atoms with Crippen LogP contribution in [-0.4, -0.2) is 39.4 Å². The van der Waals surface area contributed by atoms with E-state index in [0.717, 1.165) is 16.7 Å². The molecule has 0 saturated carbocycles. The summed E-state index contributed by atoms with van der Waals surface area (Å²) in [7, 11) is 0. The van der Waals surface area contributed by atoms with Crippen molar-refractivity contribution in [2.24, 2.45) is 0 Å². The summed E-state index contributed by atoms with van der Waals surface area (Å²) in [4.78, 5) is 28.0. The molecule has 1 aliphatic rings. The molecule has 2 aromatic heterocycles. The molecule has 2 heterocycles. The molecule has 0 radical (unpaired) electrons. The Morgan fingerprint density at radius 1 is 1.15 bits per heavy atom. The van der Waals surface area contributed by atoms with E-state index in [-0.39, 0.29) is 12.2 Å². The zero-order valence-electron chi connectivity index (χ0n) is 17.9. The van der Waals surface area contributed by atoms with E-state index < -0.39 is 18.1 Å². The number of nitrogens with one attached hydrogen (secondary N) is 1. The number of alkyl halides is 3. The molecule has 0 unspecified atom stereocenters. The van der Waals surface area contributed by atoms with Crippen molar-refractivity contribution in [3.05, 3.63) is 70.1 Å². The van der Waals surface area contributed by atoms with Crippen LogP contribution in [0.3, 0.4) is 0 Å². The zero-order chi connectivity index (χ0) is 24.3. The van der Waals surface area contributed by atoms with Crippen LogP contribution in [0.4, 0.5) is 13.2 Å². The highest BCUT2D eigenvalue weighted by Gasteiger charge is 2.43. The first-order valence-electron chi connectivity index (χ1n) is 10.6. The topological polar surface area (TPSA) is 86.1 Å². The van der Waals surface area contributed by atoms with Crippen molar-refractivity contribution < 1.29 is 27.5 Å². The second-order valence-corrected chi connectivity index (χ2v) is 8.20. The van der Waals surface area contributed by atoms with Gasteiger partial charge in [-0.15, -0.1) is 0 Å². The van der Waals surface area contributed by atoms with Crippen LogP contribution >= 0.6 is 11.6 Å². The predicted molar refractivity (Wildman–Crippen MR) is 117 cm³/mol. The van der Waals surface area contributed by atoms with E-state index >= 15 is 0 Å². The van der Waals surface area contributed by atoms with Gasteiger partial charge in [-0.05, 0) is 55.1 Å². The van der Waals surface area contributed by atoms with Crippen LogP contribution in [0.5, 0.6) is 0 Å². The van der Waals surface area contributed by atoms with Crippen molar-refractivity contribution in [1.29, 1.82) is 0 Å². The summed E-state index contributed by atoms with van der Waals surface area (Å²) in [5, 5.41) is 8.40. The number of hydrogen-bond donors (Lipinski definition) is 1. The Morgan fingerprint density at radius 2 is 1.91 bits per heavy atom. The summed E-state index contributed by atoms with van der Waals surface area (Å²) in [6.07, 6.45) is -0.553. The van der Waals surface area contributed by atoms with E-state index in [9.17, 15) is 22.8 Å². The maximum absolute atomic E-state index is 12.7. The van der Waals surface area contributed by atoms with Crippen LogP contribution in [0.2, 0.25) is 5.02 Å². The highest BCUT2D eigenvalue weighted by atomic mass is 35.5. The highest BCUT2D eigenvalue weighted by molar-refractivity contribution is 6.30. The SMILES string of the molecule is O=C(OC(=O)C(F)(F)F)c1c2c(nn1CCCNCc1ccc(Cl)cc1)-c1ccncc1CC2. The maximum atomic E-state index is 12.7. The lowest BCUT2D eigenvalue weighted by Crippen LogP contribution is -2.29. The molecule has 1 aromatic carbocycles. The molecule has 0 spiro atoms. The largest absolute Gasteiger partial charge is 0.491 e. The molecule has 0 fully saturated rings. The quantitative estimate of drug-likeness (QED) is 0.303. The first-order valence-corrected chi connectivity index (χ1v) is 10.9. The standard InChI is InChI=1S/C23H20ClF3N4O3/c24-16-5-2-14(3-6-16)12-28-9-1-11-31-20(21(32)34-22(33)23(25,26)27)18-7-4-15-13-29-10-8-17(15)19(18)30-31/h2-3,5-6,8,10,13,28H,1,4,7,9,11-12H2. The fraction of sp³-hybridized carbons (Fsp3) is 0.304. The Bertz CT molecular complexity index is 1210. The van der Waals surface area contributed by atoms with Gasteiger partial charge in [0.15, 0.2) is 5.69 Å². The van der Waals surface area contributed by atoms with E-state index in [2.05, 4.69) is 20.1 Å². The molecule has 0 atom stereocenters. The third kappa shape index (κ3) is 5.28. The molecule has 7 nitrogen and oxygen atoms in total. The number of halogens is 4. The lowest BCUT2D eigenvalue weighted by atomic mass is 9.90. The number of ether oxygens (including phenoxy) is 1. The van der Waals surface area contributed by atoms with Crippen LogP contribution in [0, 0.1) is 0 Å². The zero-order valence-corrected chi connectivity index (χ0v) is 18.6. The van der Waals surface area contributed by atoms with Crippen LogP contribution in [0.15, 0.2) is 42.7 Å². The Hall–Kier alpha value is -3.24. The van der Waals surface area contributed by atoms with Crippen molar-refractivity contribution in [3.63, 3.8) is 0 Å². The Morgan fingerprint density at radius 3 is 2.65 bits per heavy atom. The Kier molecular flexibility index (Phi) is 6.99. The molecule has 0 aliphatic heterocycles. The second kappa shape index (κ2) is 9.94. The Balaban J connectivity index is 1.51. The number of benzene rings is 1. The summed E-state index contributed by atoms with van der Waals surface area (Å²) < 4.78 is 43.5. The molecule has 1 aliphatic carbocycles. The van der Waals surface area contributed by atoms with Gasteiger partial charge in [-0.1, -0.05) is 23.7 Å². The number of rotatable bonds is 7. The van der Waals surface area contributed by atoms with E-state index in [1.165, 1.54) is 4.68 Å². The lowest BCUT2D eigenvalue weighted by molar-refractivity contribution is -0.193. The van der Waals surface area contributed by atoms with E-state index in [0.29, 0.717) is 48.6 Å². The number of carbonyl (C=O) groups excluding carboxylic acids is 2. The minimum Gasteiger partial charge on any atom is -0.381 e. The Labute approximate surface area is 197 Å². The molecule has 0 saturated heterocycles. The number of aryl methyl sites for hydroxylation is 2. The van der Waals surface area contributed by atoms with E-state index in [4.69, 9.17) is 11.6 Å². The van der Waals surface area contributed by atoms with Crippen LogP contribution < -0.4 is 5.32 Å². The van der Waals surface area contributed by atoms with Gasteiger partial charge in [-0.3, -0.25) is 9.67 Å². The van der Waals surface area contributed by atoms with Crippen LogP contribution in [-0.2, 0) is 35.5 Å². The molecule has 178 valence electrons.